The highest BCUT2D eigenvalue weighted by Crippen LogP contribution is 2.15. The van der Waals surface area contributed by atoms with Crippen LogP contribution in [0.1, 0.15) is 29.9 Å². The van der Waals surface area contributed by atoms with Crippen molar-refractivity contribution in [3.8, 4) is 0 Å². The summed E-state index contributed by atoms with van der Waals surface area (Å²) in [6.45, 7) is 5.77. The summed E-state index contributed by atoms with van der Waals surface area (Å²) in [5.41, 5.74) is 2.73. The summed E-state index contributed by atoms with van der Waals surface area (Å²) in [4.78, 5) is 23.6. The van der Waals surface area contributed by atoms with E-state index in [1.807, 2.05) is 45.0 Å². The molecule has 6 nitrogen and oxygen atoms in total. The molecule has 3 amide bonds. The Hall–Kier alpha value is -2.60. The lowest BCUT2D eigenvalue weighted by Gasteiger charge is -2.12. The topological polar surface area (TPSA) is 83.4 Å². The van der Waals surface area contributed by atoms with E-state index in [1.165, 1.54) is 0 Å². The van der Waals surface area contributed by atoms with Crippen LogP contribution in [0.4, 0.5) is 10.5 Å². The summed E-state index contributed by atoms with van der Waals surface area (Å²) >= 11 is 0. The van der Waals surface area contributed by atoms with Gasteiger partial charge in [-0.25, -0.2) is 4.79 Å². The Bertz CT molecular complexity index is 680. The molecule has 0 bridgehead atoms. The van der Waals surface area contributed by atoms with E-state index < -0.39 is 11.9 Å². The molecule has 0 saturated heterocycles. The lowest BCUT2D eigenvalue weighted by atomic mass is 10.1. The SMILES string of the molecule is Cc1ccc(NC(=O)NC(=O)CN[C@H](C)c2ccco2)c(C)c1. The van der Waals surface area contributed by atoms with Crippen LogP contribution in [-0.4, -0.2) is 18.5 Å². The van der Waals surface area contributed by atoms with Gasteiger partial charge in [0.05, 0.1) is 18.8 Å². The molecule has 0 aliphatic carbocycles. The summed E-state index contributed by atoms with van der Waals surface area (Å²) in [7, 11) is 0. The molecule has 1 heterocycles. The van der Waals surface area contributed by atoms with Gasteiger partial charge >= 0.3 is 6.03 Å². The van der Waals surface area contributed by atoms with Gasteiger partial charge in [0.15, 0.2) is 0 Å². The first-order valence-electron chi connectivity index (χ1n) is 7.40. The zero-order chi connectivity index (χ0) is 16.8. The van der Waals surface area contributed by atoms with Gasteiger partial charge in [0.1, 0.15) is 5.76 Å². The number of anilines is 1. The molecule has 0 radical (unpaired) electrons. The Morgan fingerprint density at radius 1 is 1.22 bits per heavy atom. The van der Waals surface area contributed by atoms with Crippen molar-refractivity contribution in [3.63, 3.8) is 0 Å². The van der Waals surface area contributed by atoms with Gasteiger partial charge in [0.25, 0.3) is 0 Å². The van der Waals surface area contributed by atoms with Crippen LogP contribution in [0.5, 0.6) is 0 Å². The van der Waals surface area contributed by atoms with Crippen molar-refractivity contribution in [1.29, 1.82) is 0 Å². The molecule has 0 unspecified atom stereocenters. The molecule has 0 aliphatic rings. The van der Waals surface area contributed by atoms with Gasteiger partial charge in [0, 0.05) is 5.69 Å². The predicted octanol–water partition coefficient (Wildman–Crippen LogP) is 2.90. The van der Waals surface area contributed by atoms with Crippen LogP contribution in [0.2, 0.25) is 0 Å². The van der Waals surface area contributed by atoms with E-state index in [-0.39, 0.29) is 12.6 Å². The highest BCUT2D eigenvalue weighted by molar-refractivity contribution is 6.02. The highest BCUT2D eigenvalue weighted by atomic mass is 16.3. The van der Waals surface area contributed by atoms with Crippen LogP contribution >= 0.6 is 0 Å². The van der Waals surface area contributed by atoms with Crippen LogP contribution in [0.3, 0.4) is 0 Å². The quantitative estimate of drug-likeness (QED) is 0.792. The largest absolute Gasteiger partial charge is 0.468 e. The van der Waals surface area contributed by atoms with Crippen molar-refractivity contribution in [2.24, 2.45) is 0 Å². The van der Waals surface area contributed by atoms with E-state index in [1.54, 1.807) is 12.3 Å². The summed E-state index contributed by atoms with van der Waals surface area (Å²) < 4.78 is 5.24. The van der Waals surface area contributed by atoms with E-state index in [4.69, 9.17) is 4.42 Å². The van der Waals surface area contributed by atoms with Crippen LogP contribution in [0.15, 0.2) is 41.0 Å². The summed E-state index contributed by atoms with van der Waals surface area (Å²) in [5.74, 6) is 0.322. The monoisotopic (exact) mass is 315 g/mol. The number of furan rings is 1. The molecule has 1 aromatic heterocycles. The van der Waals surface area contributed by atoms with E-state index in [9.17, 15) is 9.59 Å². The minimum atomic E-state index is -0.547. The van der Waals surface area contributed by atoms with Gasteiger partial charge in [0.2, 0.25) is 5.91 Å². The minimum absolute atomic E-state index is 0.0160. The molecule has 1 atom stereocenters. The number of carbonyl (C=O) groups excluding carboxylic acids is 2. The first-order valence-corrected chi connectivity index (χ1v) is 7.40. The Kier molecular flexibility index (Phi) is 5.54. The van der Waals surface area contributed by atoms with Crippen molar-refractivity contribution >= 4 is 17.6 Å². The number of urea groups is 1. The number of nitrogens with one attached hydrogen (secondary N) is 3. The van der Waals surface area contributed by atoms with Crippen molar-refractivity contribution < 1.29 is 14.0 Å². The van der Waals surface area contributed by atoms with Crippen molar-refractivity contribution in [3.05, 3.63) is 53.5 Å². The lowest BCUT2D eigenvalue weighted by Crippen LogP contribution is -2.40. The molecular formula is C17H21N3O3. The minimum Gasteiger partial charge on any atom is -0.468 e. The normalized spacial score (nSPS) is 11.8. The van der Waals surface area contributed by atoms with Crippen LogP contribution in [0.25, 0.3) is 0 Å². The summed E-state index contributed by atoms with van der Waals surface area (Å²) in [6, 6.07) is 8.62. The van der Waals surface area contributed by atoms with E-state index in [0.717, 1.165) is 16.9 Å². The van der Waals surface area contributed by atoms with E-state index >= 15 is 0 Å². The number of imide groups is 1. The fourth-order valence-corrected chi connectivity index (χ4v) is 2.16. The number of hydrogen-bond donors (Lipinski definition) is 3. The van der Waals surface area contributed by atoms with Gasteiger partial charge in [-0.3, -0.25) is 15.4 Å². The predicted molar refractivity (Wildman–Crippen MR) is 88.2 cm³/mol. The van der Waals surface area contributed by atoms with Gasteiger partial charge in [-0.05, 0) is 44.5 Å². The molecular weight excluding hydrogens is 294 g/mol. The zero-order valence-corrected chi connectivity index (χ0v) is 13.5. The first-order chi connectivity index (χ1) is 11.0. The van der Waals surface area contributed by atoms with Gasteiger partial charge < -0.3 is 9.73 Å². The molecule has 122 valence electrons. The van der Waals surface area contributed by atoms with Crippen molar-refractivity contribution in [2.45, 2.75) is 26.8 Å². The Labute approximate surface area is 135 Å². The molecule has 2 aromatic rings. The van der Waals surface area contributed by atoms with Crippen LogP contribution < -0.4 is 16.0 Å². The standard InChI is InChI=1S/C17H21N3O3/c1-11-6-7-14(12(2)9-11)19-17(22)20-16(21)10-18-13(3)15-5-4-8-23-15/h4-9,13,18H,10H2,1-3H3,(H2,19,20,21,22)/t13-/m1/s1. The average Bonchev–Trinajstić information content (AvgIpc) is 3.02. The molecule has 0 fully saturated rings. The zero-order valence-electron chi connectivity index (χ0n) is 13.5. The number of carbonyl (C=O) groups is 2. The molecule has 1 aromatic carbocycles. The molecule has 6 heteroatoms. The second kappa shape index (κ2) is 7.60. The lowest BCUT2D eigenvalue weighted by molar-refractivity contribution is -0.119. The number of aryl methyl sites for hydroxylation is 2. The van der Waals surface area contributed by atoms with Crippen molar-refractivity contribution in [1.82, 2.24) is 10.6 Å². The van der Waals surface area contributed by atoms with E-state index in [2.05, 4.69) is 16.0 Å². The maximum absolute atomic E-state index is 11.8. The molecule has 2 rings (SSSR count). The molecule has 0 aliphatic heterocycles. The molecule has 0 spiro atoms. The second-order valence-electron chi connectivity index (χ2n) is 5.44. The third-order valence-corrected chi connectivity index (χ3v) is 3.42. The van der Waals surface area contributed by atoms with Gasteiger partial charge in [-0.2, -0.15) is 0 Å². The van der Waals surface area contributed by atoms with Crippen molar-refractivity contribution in [2.75, 3.05) is 11.9 Å². The Balaban J connectivity index is 1.79. The summed E-state index contributed by atoms with van der Waals surface area (Å²) in [6.07, 6.45) is 1.57. The number of benzene rings is 1. The molecule has 3 N–H and O–H groups in total. The first kappa shape index (κ1) is 16.8. The number of amides is 3. The van der Waals surface area contributed by atoms with Crippen LogP contribution in [-0.2, 0) is 4.79 Å². The highest BCUT2D eigenvalue weighted by Gasteiger charge is 2.12. The third kappa shape index (κ3) is 4.96. The fraction of sp³-hybridized carbons (Fsp3) is 0.294. The fourth-order valence-electron chi connectivity index (χ4n) is 2.16. The number of rotatable bonds is 5. The Morgan fingerprint density at radius 2 is 2.00 bits per heavy atom. The van der Waals surface area contributed by atoms with Gasteiger partial charge in [-0.15, -0.1) is 0 Å². The second-order valence-corrected chi connectivity index (χ2v) is 5.44. The summed E-state index contributed by atoms with van der Waals surface area (Å²) in [5, 5.41) is 7.94. The third-order valence-electron chi connectivity index (χ3n) is 3.42. The van der Waals surface area contributed by atoms with Crippen LogP contribution in [0, 0.1) is 13.8 Å². The number of hydrogen-bond acceptors (Lipinski definition) is 4. The van der Waals surface area contributed by atoms with E-state index in [0.29, 0.717) is 5.69 Å². The smallest absolute Gasteiger partial charge is 0.325 e. The van der Waals surface area contributed by atoms with Gasteiger partial charge in [-0.1, -0.05) is 17.7 Å². The average molecular weight is 315 g/mol. The molecule has 0 saturated carbocycles. The maximum Gasteiger partial charge on any atom is 0.325 e. The Morgan fingerprint density at radius 3 is 2.65 bits per heavy atom. The maximum atomic E-state index is 11.8. The molecule has 23 heavy (non-hydrogen) atoms.